The lowest BCUT2D eigenvalue weighted by atomic mass is 9.84. The van der Waals surface area contributed by atoms with Crippen molar-refractivity contribution >= 4 is 57.1 Å². The summed E-state index contributed by atoms with van der Waals surface area (Å²) in [5.41, 5.74) is 12.1. The molecule has 0 radical (unpaired) electrons. The number of nitrogens with one attached hydrogen (secondary N) is 3. The number of amides is 1. The quantitative estimate of drug-likeness (QED) is 0.112. The summed E-state index contributed by atoms with van der Waals surface area (Å²) in [6.45, 7) is 17.1. The van der Waals surface area contributed by atoms with Crippen LogP contribution < -0.4 is 5.32 Å². The predicted molar refractivity (Wildman–Crippen MR) is 212 cm³/mol. The van der Waals surface area contributed by atoms with Gasteiger partial charge in [0.1, 0.15) is 0 Å². The normalized spacial score (nSPS) is 15.4. The largest absolute Gasteiger partial charge is 0.469 e. The van der Waals surface area contributed by atoms with E-state index in [0.29, 0.717) is 46.8 Å². The molecule has 2 aliphatic heterocycles. The Labute approximate surface area is 312 Å². The Morgan fingerprint density at radius 2 is 1.57 bits per heavy atom. The summed E-state index contributed by atoms with van der Waals surface area (Å²) < 4.78 is 10.3. The SMILES string of the molecule is C=Cc1c(C)c2cc3nc(c(CC(=O)OC)c4nc(cc5[nH]c(cc1[nH]2)c(C)c5CC)C(C)=C4C(=O)NCCCCCCC)C(CCC(=O)OC)C3C. The number of carbonyl (C=O) groups is 3. The minimum atomic E-state index is -0.476. The van der Waals surface area contributed by atoms with Gasteiger partial charge in [-0.2, -0.15) is 0 Å². The monoisotopic (exact) mass is 721 g/mol. The lowest BCUT2D eigenvalue weighted by molar-refractivity contribution is -0.141. The van der Waals surface area contributed by atoms with Gasteiger partial charge in [-0.3, -0.25) is 19.4 Å². The molecule has 0 aromatic carbocycles. The zero-order valence-corrected chi connectivity index (χ0v) is 32.7. The maximum atomic E-state index is 14.3. The molecule has 0 fully saturated rings. The summed E-state index contributed by atoms with van der Waals surface area (Å²) in [4.78, 5) is 57.7. The van der Waals surface area contributed by atoms with E-state index >= 15 is 0 Å². The average molecular weight is 722 g/mol. The molecule has 0 spiro atoms. The van der Waals surface area contributed by atoms with Crippen LogP contribution in [0.1, 0.15) is 135 Å². The van der Waals surface area contributed by atoms with Crippen LogP contribution in [0.15, 0.2) is 24.8 Å². The van der Waals surface area contributed by atoms with Gasteiger partial charge in [0.2, 0.25) is 0 Å². The number of carbonyl (C=O) groups excluding carboxylic acids is 3. The molecule has 0 saturated carbocycles. The second kappa shape index (κ2) is 17.2. The van der Waals surface area contributed by atoms with Gasteiger partial charge in [0, 0.05) is 63.7 Å². The first kappa shape index (κ1) is 39.2. The van der Waals surface area contributed by atoms with Crippen molar-refractivity contribution in [2.75, 3.05) is 20.8 Å². The molecule has 2 unspecified atom stereocenters. The Morgan fingerprint density at radius 3 is 2.25 bits per heavy atom. The molecule has 2 aliphatic rings. The molecule has 10 heteroatoms. The highest BCUT2D eigenvalue weighted by atomic mass is 16.5. The highest BCUT2D eigenvalue weighted by Crippen LogP contribution is 2.44. The first-order valence-electron chi connectivity index (χ1n) is 19.0. The Bertz CT molecular complexity index is 2100. The van der Waals surface area contributed by atoms with Crippen molar-refractivity contribution in [3.05, 3.63) is 75.4 Å². The topological polar surface area (TPSA) is 139 Å². The van der Waals surface area contributed by atoms with E-state index in [2.05, 4.69) is 62.5 Å². The van der Waals surface area contributed by atoms with Crippen molar-refractivity contribution in [2.24, 2.45) is 0 Å². The molecule has 0 aliphatic carbocycles. The Hall–Kier alpha value is -4.99. The third kappa shape index (κ3) is 8.16. The number of esters is 2. The summed E-state index contributed by atoms with van der Waals surface area (Å²) in [6.07, 6.45) is 8.43. The Kier molecular flexibility index (Phi) is 12.7. The third-order valence-electron chi connectivity index (χ3n) is 11.0. The van der Waals surface area contributed by atoms with Crippen LogP contribution >= 0.6 is 0 Å². The van der Waals surface area contributed by atoms with Gasteiger partial charge in [-0.1, -0.05) is 59.1 Å². The fourth-order valence-electron chi connectivity index (χ4n) is 7.72. The van der Waals surface area contributed by atoms with E-state index in [1.165, 1.54) is 20.6 Å². The zero-order chi connectivity index (χ0) is 38.4. The average Bonchev–Trinajstić information content (AvgIpc) is 3.83. The van der Waals surface area contributed by atoms with Crippen molar-refractivity contribution in [3.63, 3.8) is 0 Å². The molecule has 282 valence electrons. The van der Waals surface area contributed by atoms with Gasteiger partial charge in [0.05, 0.1) is 43.3 Å². The number of allylic oxidation sites excluding steroid dienone is 1. The second-order valence-electron chi connectivity index (χ2n) is 14.2. The predicted octanol–water partition coefficient (Wildman–Crippen LogP) is 8.71. The summed E-state index contributed by atoms with van der Waals surface area (Å²) in [5, 5.41) is 3.15. The first-order chi connectivity index (χ1) is 25.5. The number of ether oxygens (including phenoxy) is 2. The molecule has 3 aromatic rings. The number of aryl methyl sites for hydroxylation is 3. The standard InChI is InChI=1S/C43H55N5O5/c1-10-13-14-15-16-19-44-43(51)40-27(7)35-23-37-29(12-3)25(5)33(46-37)22-36-28(11-2)24(4)32(45-36)21-34-26(6)30(17-18-38(49)52-8)41(47-34)31(42(40)48-35)20-39(50)53-9/h11,21-23,26,30,45-46H,2,10,12-20H2,1,3-9H3,(H,44,51). The number of rotatable bonds is 14. The van der Waals surface area contributed by atoms with E-state index < -0.39 is 5.97 Å². The fourth-order valence-corrected chi connectivity index (χ4v) is 7.72. The highest BCUT2D eigenvalue weighted by Gasteiger charge is 2.35. The van der Waals surface area contributed by atoms with Gasteiger partial charge in [-0.15, -0.1) is 0 Å². The molecule has 10 nitrogen and oxygen atoms in total. The number of aromatic amines is 2. The van der Waals surface area contributed by atoms with Crippen molar-refractivity contribution in [1.82, 2.24) is 25.3 Å². The van der Waals surface area contributed by atoms with E-state index in [4.69, 9.17) is 19.4 Å². The maximum Gasteiger partial charge on any atom is 0.310 e. The summed E-state index contributed by atoms with van der Waals surface area (Å²) in [5.74, 6) is -1.45. The lowest BCUT2D eigenvalue weighted by Gasteiger charge is -2.18. The second-order valence-corrected chi connectivity index (χ2v) is 14.2. The van der Waals surface area contributed by atoms with Crippen molar-refractivity contribution in [1.29, 1.82) is 0 Å². The smallest absolute Gasteiger partial charge is 0.310 e. The number of hydrogen-bond acceptors (Lipinski definition) is 7. The number of methoxy groups -OCH3 is 2. The third-order valence-corrected chi connectivity index (χ3v) is 11.0. The molecule has 8 bridgehead atoms. The molecule has 5 heterocycles. The van der Waals surface area contributed by atoms with Crippen LogP contribution in [0.2, 0.25) is 0 Å². The summed E-state index contributed by atoms with van der Waals surface area (Å²) in [6, 6.07) is 6.17. The van der Waals surface area contributed by atoms with Gasteiger partial charge in [-0.25, -0.2) is 4.98 Å². The molecule has 5 rings (SSSR count). The Morgan fingerprint density at radius 1 is 0.868 bits per heavy atom. The zero-order valence-electron chi connectivity index (χ0n) is 32.7. The lowest BCUT2D eigenvalue weighted by Crippen LogP contribution is -2.26. The molecular weight excluding hydrogens is 667 g/mol. The number of H-pyrrole nitrogens is 2. The molecule has 2 atom stereocenters. The molecule has 3 aromatic heterocycles. The molecular formula is C43H55N5O5. The van der Waals surface area contributed by atoms with Crippen LogP contribution in [0.3, 0.4) is 0 Å². The molecule has 1 amide bonds. The van der Waals surface area contributed by atoms with E-state index in [9.17, 15) is 14.4 Å². The van der Waals surface area contributed by atoms with Crippen molar-refractivity contribution in [3.8, 4) is 0 Å². The minimum Gasteiger partial charge on any atom is -0.469 e. The summed E-state index contributed by atoms with van der Waals surface area (Å²) >= 11 is 0. The van der Waals surface area contributed by atoms with Gasteiger partial charge in [0.25, 0.3) is 5.91 Å². The Balaban J connectivity index is 1.89. The van der Waals surface area contributed by atoms with E-state index in [1.807, 2.05) is 25.1 Å². The van der Waals surface area contributed by atoms with Gasteiger partial charge < -0.3 is 24.8 Å². The van der Waals surface area contributed by atoms with E-state index in [-0.39, 0.29) is 36.6 Å². The molecule has 53 heavy (non-hydrogen) atoms. The van der Waals surface area contributed by atoms with E-state index in [1.54, 1.807) is 0 Å². The van der Waals surface area contributed by atoms with Crippen molar-refractivity contribution < 1.29 is 23.9 Å². The van der Waals surface area contributed by atoms with Crippen LogP contribution in [0.5, 0.6) is 0 Å². The first-order valence-corrected chi connectivity index (χ1v) is 19.0. The molecule has 3 N–H and O–H groups in total. The number of nitrogens with zero attached hydrogens (tertiary/aromatic N) is 2. The number of hydrogen-bond donors (Lipinski definition) is 3. The van der Waals surface area contributed by atoms with Gasteiger partial charge in [-0.05, 0) is 80.5 Å². The van der Waals surface area contributed by atoms with Crippen LogP contribution in [-0.4, -0.2) is 58.5 Å². The van der Waals surface area contributed by atoms with Crippen molar-refractivity contribution in [2.45, 2.75) is 111 Å². The minimum absolute atomic E-state index is 0.136. The highest BCUT2D eigenvalue weighted by molar-refractivity contribution is 6.27. The van der Waals surface area contributed by atoms with Crippen LogP contribution in [0.4, 0.5) is 0 Å². The fraction of sp³-hybridized carbons (Fsp3) is 0.465. The van der Waals surface area contributed by atoms with Gasteiger partial charge in [0.15, 0.2) is 0 Å². The van der Waals surface area contributed by atoms with Gasteiger partial charge >= 0.3 is 11.9 Å². The van der Waals surface area contributed by atoms with Crippen LogP contribution in [0, 0.1) is 13.8 Å². The van der Waals surface area contributed by atoms with E-state index in [0.717, 1.165) is 82.1 Å². The summed E-state index contributed by atoms with van der Waals surface area (Å²) in [7, 11) is 2.73. The number of fused-ring (bicyclic) bond motifs is 8. The maximum absolute atomic E-state index is 14.3. The van der Waals surface area contributed by atoms with Crippen LogP contribution in [-0.2, 0) is 36.7 Å². The molecule has 0 saturated heterocycles. The number of unbranched alkanes of at least 4 members (excludes halogenated alkanes) is 4. The van der Waals surface area contributed by atoms with Crippen LogP contribution in [0.25, 0.3) is 39.3 Å². The number of aromatic nitrogens is 4.